The molecule has 0 aromatic heterocycles. The van der Waals surface area contributed by atoms with Gasteiger partial charge in [-0.2, -0.15) is 11.8 Å². The quantitative estimate of drug-likeness (QED) is 0.612. The number of nitrogens with one attached hydrogen (secondary N) is 2. The van der Waals surface area contributed by atoms with Gasteiger partial charge < -0.3 is 15.7 Å². The molecule has 0 fully saturated rings. The predicted octanol–water partition coefficient (Wildman–Crippen LogP) is 2.71. The van der Waals surface area contributed by atoms with E-state index in [2.05, 4.69) is 24.5 Å². The maximum absolute atomic E-state index is 11.9. The summed E-state index contributed by atoms with van der Waals surface area (Å²) in [7, 11) is 0. The normalized spacial score (nSPS) is 14.4. The lowest BCUT2D eigenvalue weighted by Crippen LogP contribution is -2.51. The number of carboxylic acids is 1. The summed E-state index contributed by atoms with van der Waals surface area (Å²) in [5.41, 5.74) is 0. The zero-order chi connectivity index (χ0) is 15.8. The fourth-order valence-corrected chi connectivity index (χ4v) is 2.77. The number of thioether (sulfide) groups is 1. The minimum atomic E-state index is -0.989. The second-order valence-electron chi connectivity index (χ2n) is 5.12. The molecule has 0 aliphatic rings. The van der Waals surface area contributed by atoms with Crippen LogP contribution < -0.4 is 10.6 Å². The lowest BCUT2D eigenvalue weighted by molar-refractivity contribution is -0.140. The first-order chi connectivity index (χ1) is 9.35. The summed E-state index contributed by atoms with van der Waals surface area (Å²) in [5, 5.41) is 14.5. The monoisotopic (exact) mass is 304 g/mol. The fraction of sp³-hybridized carbons (Fsp3) is 0.857. The van der Waals surface area contributed by atoms with Gasteiger partial charge in [-0.25, -0.2) is 9.59 Å². The van der Waals surface area contributed by atoms with Gasteiger partial charge in [0.05, 0.1) is 0 Å². The molecule has 118 valence electrons. The van der Waals surface area contributed by atoms with Crippen molar-refractivity contribution in [3.63, 3.8) is 0 Å². The number of carbonyl (C=O) groups is 2. The minimum Gasteiger partial charge on any atom is -0.480 e. The molecule has 0 aromatic carbocycles. The highest BCUT2D eigenvalue weighted by Crippen LogP contribution is 2.29. The first-order valence-corrected chi connectivity index (χ1v) is 8.40. The molecular formula is C14H28N2O3S. The summed E-state index contributed by atoms with van der Waals surface area (Å²) in [4.78, 5) is 23.0. The predicted molar refractivity (Wildman–Crippen MR) is 84.2 cm³/mol. The molecule has 2 unspecified atom stereocenters. The first kappa shape index (κ1) is 19.1. The lowest BCUT2D eigenvalue weighted by Gasteiger charge is -2.30. The number of carboxylic acid groups (broad SMARTS) is 1. The van der Waals surface area contributed by atoms with E-state index in [-0.39, 0.29) is 10.7 Å². The molecule has 0 rings (SSSR count). The molecule has 0 spiro atoms. The van der Waals surface area contributed by atoms with Gasteiger partial charge in [0.1, 0.15) is 6.04 Å². The van der Waals surface area contributed by atoms with Crippen LogP contribution in [-0.2, 0) is 4.79 Å². The van der Waals surface area contributed by atoms with Crippen molar-refractivity contribution < 1.29 is 14.7 Å². The molecule has 6 heteroatoms. The summed E-state index contributed by atoms with van der Waals surface area (Å²) in [6.07, 6.45) is 4.65. The van der Waals surface area contributed by atoms with Crippen LogP contribution in [0.4, 0.5) is 4.79 Å². The first-order valence-electron chi connectivity index (χ1n) is 7.18. The number of amides is 2. The topological polar surface area (TPSA) is 78.4 Å². The second-order valence-corrected chi connectivity index (χ2v) is 6.40. The third-order valence-electron chi connectivity index (χ3n) is 4.06. The standard InChI is InChI=1S/C14H28N2O3S/c1-6-10(4)11(12(17)18)16-13(19)15-9-14(7-2,8-3)20-5/h10-11H,6-9H2,1-5H3,(H,17,18)(H2,15,16,19). The highest BCUT2D eigenvalue weighted by molar-refractivity contribution is 8.00. The van der Waals surface area contributed by atoms with E-state index >= 15 is 0 Å². The van der Waals surface area contributed by atoms with E-state index in [0.29, 0.717) is 13.0 Å². The Morgan fingerprint density at radius 3 is 2.15 bits per heavy atom. The van der Waals surface area contributed by atoms with Crippen LogP contribution in [0.25, 0.3) is 0 Å². The number of carbonyl (C=O) groups excluding carboxylic acids is 1. The highest BCUT2D eigenvalue weighted by Gasteiger charge is 2.28. The molecule has 20 heavy (non-hydrogen) atoms. The summed E-state index contributed by atoms with van der Waals surface area (Å²) in [6, 6.07) is -1.25. The Morgan fingerprint density at radius 2 is 1.80 bits per heavy atom. The molecule has 0 aliphatic carbocycles. The maximum atomic E-state index is 11.9. The SMILES string of the molecule is CCC(C)C(NC(=O)NCC(CC)(CC)SC)C(=O)O. The molecule has 0 saturated carbocycles. The summed E-state index contributed by atoms with van der Waals surface area (Å²) < 4.78 is 0.0203. The van der Waals surface area contributed by atoms with Crippen molar-refractivity contribution in [1.29, 1.82) is 0 Å². The van der Waals surface area contributed by atoms with Crippen LogP contribution in [0, 0.1) is 5.92 Å². The molecule has 2 atom stereocenters. The number of rotatable bonds is 9. The minimum absolute atomic E-state index is 0.0203. The van der Waals surface area contributed by atoms with E-state index in [9.17, 15) is 9.59 Å². The number of hydrogen-bond acceptors (Lipinski definition) is 3. The Labute approximate surface area is 126 Å². The Hall–Kier alpha value is -0.910. The van der Waals surface area contributed by atoms with E-state index in [0.717, 1.165) is 12.8 Å². The van der Waals surface area contributed by atoms with Crippen molar-refractivity contribution in [3.8, 4) is 0 Å². The molecule has 0 bridgehead atoms. The largest absolute Gasteiger partial charge is 0.480 e. The van der Waals surface area contributed by atoms with Gasteiger partial charge in [0, 0.05) is 11.3 Å². The maximum Gasteiger partial charge on any atom is 0.326 e. The van der Waals surface area contributed by atoms with Gasteiger partial charge in [-0.15, -0.1) is 0 Å². The lowest BCUT2D eigenvalue weighted by atomic mass is 9.99. The van der Waals surface area contributed by atoms with Crippen molar-refractivity contribution in [2.45, 2.75) is 57.7 Å². The van der Waals surface area contributed by atoms with E-state index in [4.69, 9.17) is 5.11 Å². The van der Waals surface area contributed by atoms with Crippen molar-refractivity contribution in [2.75, 3.05) is 12.8 Å². The molecule has 0 radical (unpaired) electrons. The van der Waals surface area contributed by atoms with Gasteiger partial charge >= 0.3 is 12.0 Å². The third kappa shape index (κ3) is 5.61. The van der Waals surface area contributed by atoms with Crippen molar-refractivity contribution >= 4 is 23.8 Å². The molecular weight excluding hydrogens is 276 g/mol. The molecule has 0 heterocycles. The van der Waals surface area contributed by atoms with E-state index < -0.39 is 18.0 Å². The zero-order valence-corrected chi connectivity index (χ0v) is 14.0. The van der Waals surface area contributed by atoms with Gasteiger partial charge in [0.2, 0.25) is 0 Å². The number of aliphatic carboxylic acids is 1. The van der Waals surface area contributed by atoms with Gasteiger partial charge in [-0.3, -0.25) is 0 Å². The van der Waals surface area contributed by atoms with Crippen LogP contribution in [0.2, 0.25) is 0 Å². The van der Waals surface area contributed by atoms with Crippen LogP contribution in [-0.4, -0.2) is 40.7 Å². The Balaban J connectivity index is 4.51. The molecule has 5 nitrogen and oxygen atoms in total. The Morgan fingerprint density at radius 1 is 1.25 bits per heavy atom. The van der Waals surface area contributed by atoms with Crippen molar-refractivity contribution in [1.82, 2.24) is 10.6 Å². The third-order valence-corrected chi connectivity index (χ3v) is 5.65. The molecule has 0 aromatic rings. The molecule has 2 amide bonds. The zero-order valence-electron chi connectivity index (χ0n) is 13.2. The van der Waals surface area contributed by atoms with Crippen molar-refractivity contribution in [2.24, 2.45) is 5.92 Å². The van der Waals surface area contributed by atoms with Gasteiger partial charge in [0.15, 0.2) is 0 Å². The smallest absolute Gasteiger partial charge is 0.326 e. The number of urea groups is 1. The Bertz CT molecular complexity index is 311. The van der Waals surface area contributed by atoms with E-state index in [1.807, 2.05) is 20.1 Å². The van der Waals surface area contributed by atoms with Crippen LogP contribution in [0.15, 0.2) is 0 Å². The second kappa shape index (κ2) is 9.10. The molecule has 3 N–H and O–H groups in total. The van der Waals surface area contributed by atoms with Crippen LogP contribution in [0.3, 0.4) is 0 Å². The molecule has 0 saturated heterocycles. The van der Waals surface area contributed by atoms with E-state index in [1.165, 1.54) is 0 Å². The Kier molecular flexibility index (Phi) is 8.69. The van der Waals surface area contributed by atoms with Crippen molar-refractivity contribution in [3.05, 3.63) is 0 Å². The van der Waals surface area contributed by atoms with Crippen LogP contribution >= 0.6 is 11.8 Å². The average Bonchev–Trinajstić information content (AvgIpc) is 2.45. The van der Waals surface area contributed by atoms with Crippen LogP contribution in [0.5, 0.6) is 0 Å². The summed E-state index contributed by atoms with van der Waals surface area (Å²) >= 11 is 1.74. The van der Waals surface area contributed by atoms with Gasteiger partial charge in [-0.1, -0.05) is 34.1 Å². The summed E-state index contributed by atoms with van der Waals surface area (Å²) in [6.45, 7) is 8.47. The van der Waals surface area contributed by atoms with Gasteiger partial charge in [-0.05, 0) is 25.0 Å². The highest BCUT2D eigenvalue weighted by atomic mass is 32.2. The van der Waals surface area contributed by atoms with Crippen LogP contribution in [0.1, 0.15) is 47.0 Å². The summed E-state index contributed by atoms with van der Waals surface area (Å²) in [5.74, 6) is -1.09. The fourth-order valence-electron chi connectivity index (χ4n) is 1.98. The molecule has 0 aliphatic heterocycles. The number of hydrogen-bond donors (Lipinski definition) is 3. The van der Waals surface area contributed by atoms with E-state index in [1.54, 1.807) is 11.8 Å². The van der Waals surface area contributed by atoms with Gasteiger partial charge in [0.25, 0.3) is 0 Å². The average molecular weight is 304 g/mol.